The summed E-state index contributed by atoms with van der Waals surface area (Å²) in [5, 5.41) is 24.1. The molecule has 3 rings (SSSR count). The van der Waals surface area contributed by atoms with Gasteiger partial charge >= 0.3 is 0 Å². The van der Waals surface area contributed by atoms with Crippen molar-refractivity contribution in [3.8, 4) is 11.4 Å². The predicted molar refractivity (Wildman–Crippen MR) is 120 cm³/mol. The van der Waals surface area contributed by atoms with Crippen LogP contribution < -0.4 is 5.43 Å². The number of non-ortho nitro benzene ring substituents is 1. The smallest absolute Gasteiger partial charge is 0.270 e. The zero-order valence-electron chi connectivity index (χ0n) is 17.4. The Balaban J connectivity index is 1.63. The monoisotopic (exact) mass is 438 g/mol. The zero-order valence-corrected chi connectivity index (χ0v) is 18.2. The van der Waals surface area contributed by atoms with E-state index in [2.05, 4.69) is 20.7 Å². The number of hydrogen-bond acceptors (Lipinski definition) is 7. The fourth-order valence-electron chi connectivity index (χ4n) is 2.81. The Hall–Kier alpha value is -3.53. The molecule has 0 aliphatic rings. The first-order chi connectivity index (χ1) is 14.9. The van der Waals surface area contributed by atoms with Crippen molar-refractivity contribution in [1.82, 2.24) is 20.2 Å². The Labute approximate surface area is 183 Å². The molecule has 0 atom stereocenters. The molecule has 0 unspecified atom stereocenters. The molecule has 160 valence electrons. The molecule has 2 aromatic carbocycles. The minimum atomic E-state index is -0.471. The summed E-state index contributed by atoms with van der Waals surface area (Å²) in [6, 6.07) is 14.1. The van der Waals surface area contributed by atoms with Gasteiger partial charge in [0.15, 0.2) is 11.0 Å². The molecule has 0 spiro atoms. The Kier molecular flexibility index (Phi) is 7.14. The minimum Gasteiger partial charge on any atom is -0.302 e. The second-order valence-electron chi connectivity index (χ2n) is 6.74. The fourth-order valence-corrected chi connectivity index (χ4v) is 3.61. The van der Waals surface area contributed by atoms with Crippen molar-refractivity contribution in [1.29, 1.82) is 0 Å². The molecule has 10 heteroatoms. The van der Waals surface area contributed by atoms with Gasteiger partial charge in [-0.05, 0) is 20.8 Å². The Morgan fingerprint density at radius 2 is 1.97 bits per heavy atom. The van der Waals surface area contributed by atoms with Gasteiger partial charge in [0.25, 0.3) is 11.6 Å². The molecule has 31 heavy (non-hydrogen) atoms. The molecule has 0 saturated carbocycles. The van der Waals surface area contributed by atoms with Crippen LogP contribution in [0.25, 0.3) is 11.4 Å². The summed E-state index contributed by atoms with van der Waals surface area (Å²) in [5.41, 5.74) is 5.62. The Morgan fingerprint density at radius 1 is 1.23 bits per heavy atom. The predicted octanol–water partition coefficient (Wildman–Crippen LogP) is 3.81. The molecule has 3 aromatic rings. The summed E-state index contributed by atoms with van der Waals surface area (Å²) in [6.07, 6.45) is 0. The van der Waals surface area contributed by atoms with Gasteiger partial charge in [0.1, 0.15) is 0 Å². The van der Waals surface area contributed by atoms with Crippen LogP contribution in [0.2, 0.25) is 0 Å². The van der Waals surface area contributed by atoms with Gasteiger partial charge < -0.3 is 4.57 Å². The van der Waals surface area contributed by atoms with Gasteiger partial charge in [0, 0.05) is 29.8 Å². The summed E-state index contributed by atoms with van der Waals surface area (Å²) in [5.74, 6) is 0.555. The number of aromatic nitrogens is 3. The molecule has 1 N–H and O–H groups in total. The molecule has 0 radical (unpaired) electrons. The maximum atomic E-state index is 12.2. The number of hydrogen-bond donors (Lipinski definition) is 1. The van der Waals surface area contributed by atoms with Crippen LogP contribution in [-0.2, 0) is 11.3 Å². The quantitative estimate of drug-likeness (QED) is 0.247. The van der Waals surface area contributed by atoms with Crippen LogP contribution in [0.15, 0.2) is 58.8 Å². The maximum Gasteiger partial charge on any atom is 0.270 e. The highest BCUT2D eigenvalue weighted by atomic mass is 32.2. The van der Waals surface area contributed by atoms with Crippen molar-refractivity contribution in [3.05, 3.63) is 69.8 Å². The molecule has 0 aliphatic carbocycles. The zero-order chi connectivity index (χ0) is 22.4. The molecule has 0 fully saturated rings. The highest BCUT2D eigenvalue weighted by molar-refractivity contribution is 7.99. The molecule has 1 aromatic heterocycles. The van der Waals surface area contributed by atoms with E-state index in [9.17, 15) is 14.9 Å². The van der Waals surface area contributed by atoms with Crippen LogP contribution in [0, 0.1) is 17.0 Å². The lowest BCUT2D eigenvalue weighted by molar-refractivity contribution is -0.384. The van der Waals surface area contributed by atoms with Gasteiger partial charge in [-0.1, -0.05) is 53.7 Å². The highest BCUT2D eigenvalue weighted by Crippen LogP contribution is 2.24. The number of nitrogens with one attached hydrogen (secondary N) is 1. The number of carbonyl (C=O) groups excluding carboxylic acids is 1. The van der Waals surface area contributed by atoms with Gasteiger partial charge in [-0.15, -0.1) is 10.2 Å². The lowest BCUT2D eigenvalue weighted by Crippen LogP contribution is -2.21. The summed E-state index contributed by atoms with van der Waals surface area (Å²) >= 11 is 1.27. The van der Waals surface area contributed by atoms with Crippen molar-refractivity contribution in [2.24, 2.45) is 5.10 Å². The third kappa shape index (κ3) is 5.54. The molecule has 1 amide bonds. The molecule has 9 nitrogen and oxygen atoms in total. The molecule has 0 aliphatic heterocycles. The van der Waals surface area contributed by atoms with Gasteiger partial charge in [0.2, 0.25) is 0 Å². The molecule has 0 bridgehead atoms. The van der Waals surface area contributed by atoms with E-state index in [0.29, 0.717) is 23.0 Å². The number of aryl methyl sites for hydroxylation is 1. The third-order valence-corrected chi connectivity index (χ3v) is 5.47. The molecule has 0 saturated heterocycles. The number of nitro benzene ring substituents is 1. The Morgan fingerprint density at radius 3 is 2.65 bits per heavy atom. The van der Waals surface area contributed by atoms with E-state index in [1.165, 1.54) is 29.5 Å². The van der Waals surface area contributed by atoms with Crippen LogP contribution in [-0.4, -0.2) is 37.1 Å². The minimum absolute atomic E-state index is 0.0304. The Bertz CT molecular complexity index is 1120. The van der Waals surface area contributed by atoms with Crippen LogP contribution in [0.5, 0.6) is 0 Å². The topological polar surface area (TPSA) is 115 Å². The lowest BCUT2D eigenvalue weighted by atomic mass is 10.1. The second-order valence-corrected chi connectivity index (χ2v) is 7.69. The fraction of sp³-hybridized carbons (Fsp3) is 0.238. The second kappa shape index (κ2) is 9.98. The summed E-state index contributed by atoms with van der Waals surface area (Å²) in [6.45, 7) is 6.37. The normalized spacial score (nSPS) is 11.4. The van der Waals surface area contributed by atoms with Crippen molar-refractivity contribution < 1.29 is 9.72 Å². The largest absolute Gasteiger partial charge is 0.302 e. The standard InChI is InChI=1S/C21H22N6O3S/c1-4-26-20(16-10-8-14(2)9-11-16)24-25-21(26)31-13-19(28)23-22-15(3)17-6-5-7-18(12-17)27(29)30/h5-12H,4,13H2,1-3H3,(H,23,28)/b22-15+. The summed E-state index contributed by atoms with van der Waals surface area (Å²) < 4.78 is 1.96. The van der Waals surface area contributed by atoms with E-state index in [-0.39, 0.29) is 17.3 Å². The van der Waals surface area contributed by atoms with Gasteiger partial charge in [0.05, 0.1) is 16.4 Å². The first kappa shape index (κ1) is 22.2. The maximum absolute atomic E-state index is 12.2. The van der Waals surface area contributed by atoms with Gasteiger partial charge in [-0.3, -0.25) is 14.9 Å². The molecular weight excluding hydrogens is 416 g/mol. The number of hydrazone groups is 1. The van der Waals surface area contributed by atoms with Crippen LogP contribution in [0.4, 0.5) is 5.69 Å². The first-order valence-corrected chi connectivity index (χ1v) is 10.6. The van der Waals surface area contributed by atoms with Crippen molar-refractivity contribution >= 4 is 29.1 Å². The summed E-state index contributed by atoms with van der Waals surface area (Å²) in [4.78, 5) is 22.7. The van der Waals surface area contributed by atoms with E-state index in [1.807, 2.05) is 42.7 Å². The highest BCUT2D eigenvalue weighted by Gasteiger charge is 2.14. The third-order valence-electron chi connectivity index (χ3n) is 4.50. The van der Waals surface area contributed by atoms with Gasteiger partial charge in [-0.2, -0.15) is 5.10 Å². The number of rotatable bonds is 8. The van der Waals surface area contributed by atoms with E-state index >= 15 is 0 Å². The molecular formula is C21H22N6O3S. The van der Waals surface area contributed by atoms with E-state index in [0.717, 1.165) is 11.4 Å². The lowest BCUT2D eigenvalue weighted by Gasteiger charge is -2.07. The summed E-state index contributed by atoms with van der Waals surface area (Å²) in [7, 11) is 0. The average Bonchev–Trinajstić information content (AvgIpc) is 3.19. The number of thioether (sulfide) groups is 1. The van der Waals surface area contributed by atoms with E-state index in [4.69, 9.17) is 0 Å². The van der Waals surface area contributed by atoms with Crippen molar-refractivity contribution in [2.75, 3.05) is 5.75 Å². The number of carbonyl (C=O) groups is 1. The number of benzene rings is 2. The van der Waals surface area contributed by atoms with E-state index in [1.54, 1.807) is 19.1 Å². The van der Waals surface area contributed by atoms with Crippen molar-refractivity contribution in [3.63, 3.8) is 0 Å². The van der Waals surface area contributed by atoms with Crippen LogP contribution in [0.1, 0.15) is 25.0 Å². The van der Waals surface area contributed by atoms with E-state index < -0.39 is 4.92 Å². The number of nitro groups is 1. The van der Waals surface area contributed by atoms with Gasteiger partial charge in [-0.25, -0.2) is 5.43 Å². The SMILES string of the molecule is CCn1c(SCC(=O)N/N=C(\C)c2cccc([N+](=O)[O-])c2)nnc1-c1ccc(C)cc1. The number of amides is 1. The first-order valence-electron chi connectivity index (χ1n) is 9.60. The average molecular weight is 439 g/mol. The van der Waals surface area contributed by atoms with Crippen LogP contribution in [0.3, 0.4) is 0 Å². The number of nitrogens with zero attached hydrogens (tertiary/aromatic N) is 5. The molecule has 1 heterocycles. The van der Waals surface area contributed by atoms with Crippen LogP contribution >= 0.6 is 11.8 Å². The van der Waals surface area contributed by atoms with Crippen molar-refractivity contribution in [2.45, 2.75) is 32.5 Å².